The number of nitrogens with zero attached hydrogens (tertiary/aromatic N) is 3. The molecule has 0 saturated heterocycles. The molecule has 0 atom stereocenters. The molecule has 1 amide bonds. The average Bonchev–Trinajstić information content (AvgIpc) is 3.27. The molecule has 0 fully saturated rings. The average molecular weight is 413 g/mol. The summed E-state index contributed by atoms with van der Waals surface area (Å²) in [6, 6.07) is 9.74. The number of amides is 1. The summed E-state index contributed by atoms with van der Waals surface area (Å²) in [6.07, 6.45) is 7.44. The van der Waals surface area contributed by atoms with Crippen molar-refractivity contribution in [2.45, 2.75) is 6.42 Å². The maximum absolute atomic E-state index is 12.0. The van der Waals surface area contributed by atoms with E-state index >= 15 is 0 Å². The number of hydrogen-bond acceptors (Lipinski definition) is 5. The summed E-state index contributed by atoms with van der Waals surface area (Å²) in [5.41, 5.74) is 1.54. The van der Waals surface area contributed by atoms with Crippen molar-refractivity contribution in [3.05, 3.63) is 65.0 Å². The van der Waals surface area contributed by atoms with Crippen LogP contribution in [0.5, 0.6) is 5.75 Å². The van der Waals surface area contributed by atoms with Gasteiger partial charge in [0.05, 0.1) is 12.3 Å². The number of imidazole rings is 1. The molecular weight excluding hydrogens is 396 g/mol. The molecule has 1 N–H and O–H groups in total. The van der Waals surface area contributed by atoms with Gasteiger partial charge >= 0.3 is 0 Å². The van der Waals surface area contributed by atoms with E-state index in [1.165, 1.54) is 17.4 Å². The molecule has 142 valence electrons. The topological polar surface area (TPSA) is 68.5 Å². The molecule has 0 saturated carbocycles. The normalized spacial score (nSPS) is 11.5. The number of fused-ring (bicyclic) bond motifs is 2. The SMILES string of the molecule is O=C(/C=C/c1c(Cl)nc2sccn12)NCCCOc1cccc2cccnc12. The fourth-order valence-electron chi connectivity index (χ4n) is 2.80. The lowest BCUT2D eigenvalue weighted by Gasteiger charge is -2.08. The summed E-state index contributed by atoms with van der Waals surface area (Å²) in [7, 11) is 0. The fourth-order valence-corrected chi connectivity index (χ4v) is 3.80. The third-order valence-corrected chi connectivity index (χ3v) is 5.16. The van der Waals surface area contributed by atoms with E-state index in [0.717, 1.165) is 21.6 Å². The second-order valence-electron chi connectivity index (χ2n) is 6.00. The second kappa shape index (κ2) is 8.41. The van der Waals surface area contributed by atoms with Crippen molar-refractivity contribution in [1.82, 2.24) is 19.7 Å². The molecule has 3 aromatic heterocycles. The number of carbonyl (C=O) groups excluding carboxylic acids is 1. The standard InChI is InChI=1S/C20H17ClN4O2S/c21-19-15(25-11-13-28-20(25)24-19)7-8-17(26)22-10-3-12-27-16-6-1-4-14-5-2-9-23-18(14)16/h1-2,4-9,11,13H,3,10,12H2,(H,22,26)/b8-7+. The minimum atomic E-state index is -0.187. The number of aromatic nitrogens is 3. The largest absolute Gasteiger partial charge is 0.491 e. The van der Waals surface area contributed by atoms with Gasteiger partial charge in [0, 0.05) is 35.8 Å². The molecule has 28 heavy (non-hydrogen) atoms. The number of rotatable bonds is 7. The molecule has 4 rings (SSSR count). The Morgan fingerprint density at radius 3 is 3.14 bits per heavy atom. The van der Waals surface area contributed by atoms with E-state index < -0.39 is 0 Å². The van der Waals surface area contributed by atoms with Crippen molar-refractivity contribution in [3.8, 4) is 5.75 Å². The molecule has 0 bridgehead atoms. The number of ether oxygens (including phenoxy) is 1. The smallest absolute Gasteiger partial charge is 0.244 e. The van der Waals surface area contributed by atoms with E-state index in [4.69, 9.17) is 16.3 Å². The van der Waals surface area contributed by atoms with Gasteiger partial charge in [-0.2, -0.15) is 0 Å². The van der Waals surface area contributed by atoms with Crippen LogP contribution in [0.2, 0.25) is 5.15 Å². The molecule has 4 aromatic rings. The van der Waals surface area contributed by atoms with E-state index in [1.54, 1.807) is 12.3 Å². The van der Waals surface area contributed by atoms with E-state index in [1.807, 2.05) is 46.3 Å². The summed E-state index contributed by atoms with van der Waals surface area (Å²) in [5.74, 6) is 0.563. The van der Waals surface area contributed by atoms with Gasteiger partial charge in [0.1, 0.15) is 11.3 Å². The fraction of sp³-hybridized carbons (Fsp3) is 0.150. The molecule has 0 unspecified atom stereocenters. The predicted octanol–water partition coefficient (Wildman–Crippen LogP) is 4.20. The van der Waals surface area contributed by atoms with Gasteiger partial charge in [0.2, 0.25) is 5.91 Å². The minimum absolute atomic E-state index is 0.187. The number of thiazole rings is 1. The number of para-hydroxylation sites is 1. The highest BCUT2D eigenvalue weighted by Crippen LogP contribution is 2.23. The van der Waals surface area contributed by atoms with E-state index in [0.29, 0.717) is 30.4 Å². The molecule has 0 spiro atoms. The predicted molar refractivity (Wildman–Crippen MR) is 112 cm³/mol. The summed E-state index contributed by atoms with van der Waals surface area (Å²) < 4.78 is 7.67. The van der Waals surface area contributed by atoms with Crippen LogP contribution in [0.4, 0.5) is 0 Å². The number of pyridine rings is 1. The van der Waals surface area contributed by atoms with Gasteiger partial charge in [0.25, 0.3) is 0 Å². The van der Waals surface area contributed by atoms with Gasteiger partial charge < -0.3 is 10.1 Å². The Morgan fingerprint density at radius 1 is 1.32 bits per heavy atom. The van der Waals surface area contributed by atoms with Gasteiger partial charge in [-0.1, -0.05) is 29.8 Å². The van der Waals surface area contributed by atoms with Crippen LogP contribution in [-0.4, -0.2) is 33.4 Å². The van der Waals surface area contributed by atoms with Crippen LogP contribution in [0, 0.1) is 0 Å². The van der Waals surface area contributed by atoms with Crippen LogP contribution in [0.3, 0.4) is 0 Å². The second-order valence-corrected chi connectivity index (χ2v) is 7.23. The number of halogens is 1. The number of benzene rings is 1. The van der Waals surface area contributed by atoms with Gasteiger partial charge in [0.15, 0.2) is 10.1 Å². The Labute approximate surface area is 170 Å². The van der Waals surface area contributed by atoms with Gasteiger partial charge in [-0.15, -0.1) is 11.3 Å². The molecule has 0 aliphatic heterocycles. The van der Waals surface area contributed by atoms with E-state index in [9.17, 15) is 4.79 Å². The number of nitrogens with one attached hydrogen (secondary N) is 1. The highest BCUT2D eigenvalue weighted by molar-refractivity contribution is 7.15. The summed E-state index contributed by atoms with van der Waals surface area (Å²) in [5, 5.41) is 6.18. The lowest BCUT2D eigenvalue weighted by molar-refractivity contribution is -0.116. The molecule has 6 nitrogen and oxygen atoms in total. The first-order chi connectivity index (χ1) is 13.7. The van der Waals surface area contributed by atoms with Crippen LogP contribution < -0.4 is 10.1 Å². The maximum Gasteiger partial charge on any atom is 0.244 e. The molecule has 8 heteroatoms. The first-order valence-electron chi connectivity index (χ1n) is 8.76. The van der Waals surface area contributed by atoms with Crippen molar-refractivity contribution >= 4 is 50.8 Å². The van der Waals surface area contributed by atoms with Crippen molar-refractivity contribution in [3.63, 3.8) is 0 Å². The number of carbonyl (C=O) groups is 1. The Kier molecular flexibility index (Phi) is 5.55. The summed E-state index contributed by atoms with van der Waals surface area (Å²) in [4.78, 5) is 21.4. The van der Waals surface area contributed by atoms with Crippen molar-refractivity contribution < 1.29 is 9.53 Å². The third-order valence-electron chi connectivity index (χ3n) is 4.12. The highest BCUT2D eigenvalue weighted by Gasteiger charge is 2.08. The van der Waals surface area contributed by atoms with Crippen LogP contribution in [0.15, 0.2) is 54.2 Å². The minimum Gasteiger partial charge on any atom is -0.491 e. The Bertz CT molecular complexity index is 1150. The zero-order valence-corrected chi connectivity index (χ0v) is 16.4. The monoisotopic (exact) mass is 412 g/mol. The van der Waals surface area contributed by atoms with Crippen LogP contribution in [0.25, 0.3) is 21.9 Å². The van der Waals surface area contributed by atoms with Crippen molar-refractivity contribution in [2.24, 2.45) is 0 Å². The zero-order valence-electron chi connectivity index (χ0n) is 14.8. The van der Waals surface area contributed by atoms with E-state index in [2.05, 4.69) is 15.3 Å². The molecule has 0 aliphatic rings. The molecule has 1 aromatic carbocycles. The van der Waals surface area contributed by atoms with Crippen molar-refractivity contribution in [2.75, 3.05) is 13.2 Å². The lowest BCUT2D eigenvalue weighted by Crippen LogP contribution is -2.23. The summed E-state index contributed by atoms with van der Waals surface area (Å²) in [6.45, 7) is 0.999. The first-order valence-corrected chi connectivity index (χ1v) is 10.0. The Hall–Kier alpha value is -2.90. The lowest BCUT2D eigenvalue weighted by atomic mass is 10.2. The van der Waals surface area contributed by atoms with Crippen LogP contribution >= 0.6 is 22.9 Å². The number of hydrogen-bond donors (Lipinski definition) is 1. The Balaban J connectivity index is 1.25. The van der Waals surface area contributed by atoms with Crippen molar-refractivity contribution in [1.29, 1.82) is 0 Å². The molecule has 0 radical (unpaired) electrons. The molecule has 0 aliphatic carbocycles. The van der Waals surface area contributed by atoms with Gasteiger partial charge in [-0.3, -0.25) is 14.2 Å². The molecule has 3 heterocycles. The quantitative estimate of drug-likeness (QED) is 0.365. The Morgan fingerprint density at radius 2 is 2.21 bits per heavy atom. The van der Waals surface area contributed by atoms with Gasteiger partial charge in [-0.25, -0.2) is 4.98 Å². The van der Waals surface area contributed by atoms with Gasteiger partial charge in [-0.05, 0) is 24.6 Å². The molecular formula is C20H17ClN4O2S. The highest BCUT2D eigenvalue weighted by atomic mass is 35.5. The summed E-state index contributed by atoms with van der Waals surface area (Å²) >= 11 is 7.60. The third kappa shape index (κ3) is 4.00. The van der Waals surface area contributed by atoms with E-state index in [-0.39, 0.29) is 5.91 Å². The van der Waals surface area contributed by atoms with Crippen LogP contribution in [0.1, 0.15) is 12.1 Å². The first kappa shape index (κ1) is 18.5. The maximum atomic E-state index is 12.0. The zero-order chi connectivity index (χ0) is 19.3. The van der Waals surface area contributed by atoms with Crippen LogP contribution in [-0.2, 0) is 4.79 Å².